The Labute approximate surface area is 241 Å². The average Bonchev–Trinajstić information content (AvgIpc) is 3.33. The first-order chi connectivity index (χ1) is 19.3. The van der Waals surface area contributed by atoms with E-state index in [0.29, 0.717) is 18.5 Å². The summed E-state index contributed by atoms with van der Waals surface area (Å²) in [7, 11) is 0. The Morgan fingerprint density at radius 1 is 0.902 bits per heavy atom. The van der Waals surface area contributed by atoms with E-state index in [1.54, 1.807) is 60.6 Å². The number of phenolic OH excluding ortho intramolecular Hbond substituents is 1. The number of carbonyl (C=O) groups is 3. The molecule has 0 amide bonds. The van der Waals surface area contributed by atoms with Gasteiger partial charge in [-0.05, 0) is 90.6 Å². The molecule has 1 heterocycles. The summed E-state index contributed by atoms with van der Waals surface area (Å²) in [6.45, 7) is 12.1. The number of fused-ring (bicyclic) bond motifs is 1. The topological polar surface area (TPSA) is 130 Å². The van der Waals surface area contributed by atoms with Crippen molar-refractivity contribution in [1.29, 1.82) is 0 Å². The van der Waals surface area contributed by atoms with Crippen LogP contribution in [0.15, 0.2) is 42.5 Å². The second-order valence-corrected chi connectivity index (χ2v) is 11.5. The molecule has 10 heteroatoms. The van der Waals surface area contributed by atoms with Crippen molar-refractivity contribution in [3.63, 3.8) is 0 Å². The van der Waals surface area contributed by atoms with E-state index in [1.807, 2.05) is 30.3 Å². The molecule has 0 aliphatic heterocycles. The summed E-state index contributed by atoms with van der Waals surface area (Å²) in [5.41, 5.74) is 1.77. The van der Waals surface area contributed by atoms with Gasteiger partial charge in [-0.1, -0.05) is 25.1 Å². The second-order valence-electron chi connectivity index (χ2n) is 11.5. The van der Waals surface area contributed by atoms with E-state index in [9.17, 15) is 19.5 Å². The molecule has 0 saturated heterocycles. The van der Waals surface area contributed by atoms with Crippen LogP contribution in [0.5, 0.6) is 5.75 Å². The van der Waals surface area contributed by atoms with Crippen LogP contribution in [0.1, 0.15) is 66.9 Å². The summed E-state index contributed by atoms with van der Waals surface area (Å²) >= 11 is 0. The standard InChI is InChI=1S/C31H41N3O7/c1-19(2)40-28(36)21(5)23(29(37)41-20(3)4)18-31(6,7)30(38)39-16-10-11-22-14-15-27(35)26(17-22)34-32-24-12-8-9-13-25(24)33-34/h8-9,12-15,17,19-21,23,35H,10-11,16,18H2,1-7H3. The minimum absolute atomic E-state index is 0.0549. The van der Waals surface area contributed by atoms with Gasteiger partial charge in [-0.15, -0.1) is 15.0 Å². The number of hydrogen-bond donors (Lipinski definition) is 1. The highest BCUT2D eigenvalue weighted by molar-refractivity contribution is 5.83. The summed E-state index contributed by atoms with van der Waals surface area (Å²) in [4.78, 5) is 40.0. The zero-order valence-electron chi connectivity index (χ0n) is 24.9. The lowest BCUT2D eigenvalue weighted by Crippen LogP contribution is -2.38. The largest absolute Gasteiger partial charge is 0.506 e. The molecule has 1 aromatic heterocycles. The molecule has 0 saturated carbocycles. The molecule has 2 atom stereocenters. The highest BCUT2D eigenvalue weighted by Crippen LogP contribution is 2.33. The number of hydrogen-bond acceptors (Lipinski definition) is 9. The molecule has 3 rings (SSSR count). The number of aromatic nitrogens is 3. The number of aromatic hydroxyl groups is 1. The van der Waals surface area contributed by atoms with Gasteiger partial charge in [0.05, 0.1) is 36.1 Å². The predicted octanol–water partition coefficient (Wildman–Crippen LogP) is 5.17. The number of benzene rings is 2. The van der Waals surface area contributed by atoms with Gasteiger partial charge >= 0.3 is 17.9 Å². The van der Waals surface area contributed by atoms with Crippen molar-refractivity contribution in [2.24, 2.45) is 17.3 Å². The fraction of sp³-hybridized carbons (Fsp3) is 0.516. The van der Waals surface area contributed by atoms with Gasteiger partial charge in [0.25, 0.3) is 0 Å². The number of aryl methyl sites for hydroxylation is 1. The third-order valence-electron chi connectivity index (χ3n) is 6.65. The molecule has 2 aromatic carbocycles. The van der Waals surface area contributed by atoms with Crippen LogP contribution in [0.25, 0.3) is 16.7 Å². The number of phenols is 1. The molecule has 3 aromatic rings. The Kier molecular flexibility index (Phi) is 10.5. The Bertz CT molecular complexity index is 1330. The number of esters is 3. The molecule has 0 bridgehead atoms. The third kappa shape index (κ3) is 8.52. The number of ether oxygens (including phenoxy) is 3. The van der Waals surface area contributed by atoms with Gasteiger partial charge in [-0.25, -0.2) is 0 Å². The summed E-state index contributed by atoms with van der Waals surface area (Å²) < 4.78 is 16.3. The van der Waals surface area contributed by atoms with E-state index in [2.05, 4.69) is 10.2 Å². The van der Waals surface area contributed by atoms with Crippen molar-refractivity contribution < 1.29 is 33.7 Å². The van der Waals surface area contributed by atoms with E-state index in [4.69, 9.17) is 14.2 Å². The Hall–Kier alpha value is -3.95. The van der Waals surface area contributed by atoms with Crippen LogP contribution in [0.3, 0.4) is 0 Å². The highest BCUT2D eigenvalue weighted by Gasteiger charge is 2.41. The molecule has 0 fully saturated rings. The van der Waals surface area contributed by atoms with Crippen molar-refractivity contribution in [3.8, 4) is 11.4 Å². The van der Waals surface area contributed by atoms with Crippen LogP contribution < -0.4 is 0 Å². The molecule has 222 valence electrons. The molecule has 0 spiro atoms. The Morgan fingerprint density at radius 3 is 2.07 bits per heavy atom. The molecule has 0 aliphatic rings. The number of nitrogens with zero attached hydrogens (tertiary/aromatic N) is 3. The molecular formula is C31H41N3O7. The average molecular weight is 568 g/mol. The van der Waals surface area contributed by atoms with Gasteiger partial charge in [0.1, 0.15) is 22.5 Å². The third-order valence-corrected chi connectivity index (χ3v) is 6.65. The van der Waals surface area contributed by atoms with E-state index in [-0.39, 0.29) is 31.0 Å². The fourth-order valence-electron chi connectivity index (χ4n) is 4.41. The number of rotatable bonds is 13. The lowest BCUT2D eigenvalue weighted by molar-refractivity contribution is -0.168. The van der Waals surface area contributed by atoms with Gasteiger partial charge in [0, 0.05) is 0 Å². The summed E-state index contributed by atoms with van der Waals surface area (Å²) in [6.07, 6.45) is 0.500. The van der Waals surface area contributed by atoms with E-state index >= 15 is 0 Å². The van der Waals surface area contributed by atoms with Gasteiger partial charge in [-0.2, -0.15) is 0 Å². The van der Waals surface area contributed by atoms with Crippen molar-refractivity contribution in [3.05, 3.63) is 48.0 Å². The van der Waals surface area contributed by atoms with E-state index < -0.39 is 35.2 Å². The predicted molar refractivity (Wildman–Crippen MR) is 153 cm³/mol. The van der Waals surface area contributed by atoms with Crippen molar-refractivity contribution >= 4 is 28.9 Å². The van der Waals surface area contributed by atoms with Crippen LogP contribution in [-0.4, -0.2) is 56.8 Å². The van der Waals surface area contributed by atoms with Gasteiger partial charge < -0.3 is 19.3 Å². The molecule has 2 unspecified atom stereocenters. The lowest BCUT2D eigenvalue weighted by atomic mass is 9.77. The smallest absolute Gasteiger partial charge is 0.311 e. The summed E-state index contributed by atoms with van der Waals surface area (Å²) in [5, 5.41) is 19.3. The van der Waals surface area contributed by atoms with Crippen LogP contribution in [0.4, 0.5) is 0 Å². The fourth-order valence-corrected chi connectivity index (χ4v) is 4.41. The Morgan fingerprint density at radius 2 is 1.49 bits per heavy atom. The first kappa shape index (κ1) is 31.6. The molecule has 1 N–H and O–H groups in total. The van der Waals surface area contributed by atoms with Crippen molar-refractivity contribution in [2.45, 2.75) is 79.9 Å². The quantitative estimate of drug-likeness (QED) is 0.169. The van der Waals surface area contributed by atoms with Gasteiger partial charge in [-0.3, -0.25) is 14.4 Å². The van der Waals surface area contributed by atoms with Crippen molar-refractivity contribution in [2.75, 3.05) is 6.61 Å². The maximum absolute atomic E-state index is 13.1. The minimum atomic E-state index is -1.05. The molecular weight excluding hydrogens is 526 g/mol. The van der Waals surface area contributed by atoms with Crippen LogP contribution in [0.2, 0.25) is 0 Å². The highest BCUT2D eigenvalue weighted by atomic mass is 16.6. The molecule has 0 radical (unpaired) electrons. The van der Waals surface area contributed by atoms with Crippen molar-refractivity contribution in [1.82, 2.24) is 15.0 Å². The van der Waals surface area contributed by atoms with Gasteiger partial charge in [0.15, 0.2) is 0 Å². The SMILES string of the molecule is CC(C)OC(=O)C(C)C(CC(C)(C)C(=O)OCCCc1ccc(O)c(-n2nc3ccccc3n2)c1)C(=O)OC(C)C. The molecule has 0 aliphatic carbocycles. The second kappa shape index (κ2) is 13.6. The first-order valence-electron chi connectivity index (χ1n) is 14.0. The monoisotopic (exact) mass is 567 g/mol. The van der Waals surface area contributed by atoms with Crippen LogP contribution in [0, 0.1) is 17.3 Å². The first-order valence-corrected chi connectivity index (χ1v) is 14.0. The molecule has 10 nitrogen and oxygen atoms in total. The Balaban J connectivity index is 1.60. The molecule has 41 heavy (non-hydrogen) atoms. The van der Waals surface area contributed by atoms with Crippen LogP contribution >= 0.6 is 0 Å². The zero-order chi connectivity index (χ0) is 30.3. The van der Waals surface area contributed by atoms with E-state index in [1.165, 1.54) is 4.80 Å². The zero-order valence-corrected chi connectivity index (χ0v) is 24.9. The normalized spacial score (nSPS) is 13.3. The van der Waals surface area contributed by atoms with Crippen LogP contribution in [-0.2, 0) is 35.0 Å². The summed E-state index contributed by atoms with van der Waals surface area (Å²) in [5.74, 6) is -3.13. The van der Waals surface area contributed by atoms with Gasteiger partial charge in [0.2, 0.25) is 0 Å². The summed E-state index contributed by atoms with van der Waals surface area (Å²) in [6, 6.07) is 12.7. The maximum Gasteiger partial charge on any atom is 0.311 e. The maximum atomic E-state index is 13.1. The van der Waals surface area contributed by atoms with E-state index in [0.717, 1.165) is 16.6 Å². The number of carbonyl (C=O) groups excluding carboxylic acids is 3. The lowest BCUT2D eigenvalue weighted by Gasteiger charge is -2.30. The minimum Gasteiger partial charge on any atom is -0.506 e.